The number of amides is 2. The number of benzene rings is 1. The summed E-state index contributed by atoms with van der Waals surface area (Å²) >= 11 is 0. The SMILES string of the molecule is NCCn1nc2cc(F)c3c(c2n1)CC(CN1CCC2(CC1)CN(c1cnc4c(n1)NC(=O)CO4)C(=O)O2)C3. The number of nitrogens with zero attached hydrogens (tertiary/aromatic N) is 7. The summed E-state index contributed by atoms with van der Waals surface area (Å²) < 4.78 is 26.0. The molecule has 1 unspecified atom stereocenters. The van der Waals surface area contributed by atoms with Gasteiger partial charge in [-0.2, -0.15) is 15.0 Å². The number of likely N-dealkylation sites (tertiary alicyclic amines) is 1. The molecule has 14 heteroatoms. The monoisotopic (exact) mass is 537 g/mol. The molecule has 13 nitrogen and oxygen atoms in total. The number of aromatic nitrogens is 5. The maximum atomic E-state index is 14.9. The van der Waals surface area contributed by atoms with Gasteiger partial charge >= 0.3 is 6.09 Å². The Bertz CT molecular complexity index is 1490. The van der Waals surface area contributed by atoms with Gasteiger partial charge in [-0.05, 0) is 29.9 Å². The number of carbonyl (C=O) groups excluding carboxylic acids is 2. The van der Waals surface area contributed by atoms with Crippen molar-refractivity contribution in [1.29, 1.82) is 0 Å². The van der Waals surface area contributed by atoms with Crippen LogP contribution >= 0.6 is 0 Å². The molecule has 7 rings (SSSR count). The van der Waals surface area contributed by atoms with Crippen molar-refractivity contribution in [3.8, 4) is 5.88 Å². The van der Waals surface area contributed by atoms with Crippen LogP contribution in [-0.4, -0.2) is 86.8 Å². The topological polar surface area (TPSA) is 154 Å². The lowest BCUT2D eigenvalue weighted by atomic mass is 9.90. The summed E-state index contributed by atoms with van der Waals surface area (Å²) in [6.07, 6.45) is 3.76. The number of piperidine rings is 1. The third kappa shape index (κ3) is 4.23. The molecule has 3 aromatic rings. The molecular weight excluding hydrogens is 509 g/mol. The fourth-order valence-electron chi connectivity index (χ4n) is 6.16. The molecule has 5 heterocycles. The molecule has 4 aliphatic rings. The number of nitrogens with two attached hydrogens (primary N) is 1. The molecule has 204 valence electrons. The van der Waals surface area contributed by atoms with Crippen LogP contribution < -0.4 is 20.7 Å². The Labute approximate surface area is 222 Å². The number of halogens is 1. The number of carbonyl (C=O) groups is 2. The van der Waals surface area contributed by atoms with Gasteiger partial charge in [-0.25, -0.2) is 19.2 Å². The molecule has 0 saturated carbocycles. The number of ether oxygens (including phenoxy) is 2. The quantitative estimate of drug-likeness (QED) is 0.479. The summed E-state index contributed by atoms with van der Waals surface area (Å²) in [5.41, 5.74) is 8.08. The minimum absolute atomic E-state index is 0.116. The molecule has 3 N–H and O–H groups in total. The average Bonchev–Trinajstić information content (AvgIpc) is 3.61. The largest absolute Gasteiger partial charge is 0.465 e. The second-order valence-electron chi connectivity index (χ2n) is 10.7. The van der Waals surface area contributed by atoms with Gasteiger partial charge in [0.05, 0.1) is 19.3 Å². The van der Waals surface area contributed by atoms with Crippen molar-refractivity contribution in [2.75, 3.05) is 49.5 Å². The van der Waals surface area contributed by atoms with E-state index in [9.17, 15) is 14.0 Å². The minimum Gasteiger partial charge on any atom is -0.465 e. The van der Waals surface area contributed by atoms with Gasteiger partial charge < -0.3 is 25.4 Å². The Morgan fingerprint density at radius 1 is 1.18 bits per heavy atom. The van der Waals surface area contributed by atoms with Gasteiger partial charge in [0.25, 0.3) is 11.8 Å². The number of anilines is 2. The summed E-state index contributed by atoms with van der Waals surface area (Å²) in [6, 6.07) is 1.48. The normalized spacial score (nSPS) is 22.1. The Morgan fingerprint density at radius 3 is 2.82 bits per heavy atom. The summed E-state index contributed by atoms with van der Waals surface area (Å²) in [6.45, 7) is 3.52. The highest BCUT2D eigenvalue weighted by Gasteiger charge is 2.48. The molecule has 1 aromatic carbocycles. The van der Waals surface area contributed by atoms with Crippen molar-refractivity contribution in [2.45, 2.75) is 37.8 Å². The Morgan fingerprint density at radius 2 is 2.00 bits per heavy atom. The van der Waals surface area contributed by atoms with E-state index in [2.05, 4.69) is 30.4 Å². The van der Waals surface area contributed by atoms with Crippen molar-refractivity contribution in [3.05, 3.63) is 29.2 Å². The molecule has 2 fully saturated rings. The maximum Gasteiger partial charge on any atom is 0.416 e. The lowest BCUT2D eigenvalue weighted by molar-refractivity contribution is -0.118. The second kappa shape index (κ2) is 9.09. The average molecular weight is 538 g/mol. The van der Waals surface area contributed by atoms with Gasteiger partial charge in [-0.15, -0.1) is 0 Å². The fraction of sp³-hybridized carbons (Fsp3) is 0.520. The van der Waals surface area contributed by atoms with Crippen LogP contribution in [0.4, 0.5) is 20.8 Å². The van der Waals surface area contributed by atoms with E-state index in [1.165, 1.54) is 17.2 Å². The Hall–Kier alpha value is -3.91. The highest BCUT2D eigenvalue weighted by Crippen LogP contribution is 2.38. The number of hydrogen-bond donors (Lipinski definition) is 2. The summed E-state index contributed by atoms with van der Waals surface area (Å²) in [5.74, 6) is 0.470. The molecule has 1 spiro atoms. The molecular formula is C25H28FN9O4. The zero-order valence-corrected chi connectivity index (χ0v) is 21.2. The van der Waals surface area contributed by atoms with Crippen molar-refractivity contribution < 1.29 is 23.5 Å². The van der Waals surface area contributed by atoms with Gasteiger partial charge in [-0.3, -0.25) is 9.69 Å². The van der Waals surface area contributed by atoms with E-state index < -0.39 is 11.7 Å². The van der Waals surface area contributed by atoms with E-state index in [4.69, 9.17) is 15.2 Å². The Kier molecular flexibility index (Phi) is 5.63. The lowest BCUT2D eigenvalue weighted by Crippen LogP contribution is -2.48. The first kappa shape index (κ1) is 24.2. The first-order valence-corrected chi connectivity index (χ1v) is 13.2. The predicted octanol–water partition coefficient (Wildman–Crippen LogP) is 0.856. The highest BCUT2D eigenvalue weighted by atomic mass is 19.1. The predicted molar refractivity (Wildman–Crippen MR) is 136 cm³/mol. The molecule has 39 heavy (non-hydrogen) atoms. The number of hydrogen-bond acceptors (Lipinski definition) is 10. The van der Waals surface area contributed by atoms with Crippen LogP contribution in [0.25, 0.3) is 11.0 Å². The third-order valence-electron chi connectivity index (χ3n) is 8.05. The van der Waals surface area contributed by atoms with E-state index in [1.54, 1.807) is 4.80 Å². The molecule has 0 bridgehead atoms. The molecule has 0 radical (unpaired) electrons. The van der Waals surface area contributed by atoms with Crippen molar-refractivity contribution in [2.24, 2.45) is 11.7 Å². The number of fused-ring (bicyclic) bond motifs is 4. The first-order valence-electron chi connectivity index (χ1n) is 13.2. The fourth-order valence-corrected chi connectivity index (χ4v) is 6.16. The van der Waals surface area contributed by atoms with Crippen LogP contribution in [0.15, 0.2) is 12.3 Å². The third-order valence-corrected chi connectivity index (χ3v) is 8.05. The van der Waals surface area contributed by atoms with Gasteiger partial charge in [0, 0.05) is 45.1 Å². The molecule has 2 saturated heterocycles. The molecule has 1 atom stereocenters. The van der Waals surface area contributed by atoms with Crippen LogP contribution in [0.5, 0.6) is 5.88 Å². The van der Waals surface area contributed by atoms with Gasteiger partial charge in [0.15, 0.2) is 18.2 Å². The highest BCUT2D eigenvalue weighted by molar-refractivity contribution is 5.94. The van der Waals surface area contributed by atoms with Crippen molar-refractivity contribution in [3.63, 3.8) is 0 Å². The van der Waals surface area contributed by atoms with E-state index >= 15 is 0 Å². The number of rotatable bonds is 5. The van der Waals surface area contributed by atoms with Gasteiger partial charge in [0.2, 0.25) is 0 Å². The second-order valence-corrected chi connectivity index (χ2v) is 10.7. The van der Waals surface area contributed by atoms with E-state index in [0.717, 1.165) is 42.7 Å². The van der Waals surface area contributed by atoms with Gasteiger partial charge in [0.1, 0.15) is 22.5 Å². The molecule has 3 aliphatic heterocycles. The zero-order chi connectivity index (χ0) is 26.7. The maximum absolute atomic E-state index is 14.9. The molecule has 2 amide bonds. The van der Waals surface area contributed by atoms with Crippen LogP contribution in [0.1, 0.15) is 24.0 Å². The van der Waals surface area contributed by atoms with Crippen LogP contribution in [-0.2, 0) is 28.9 Å². The van der Waals surface area contributed by atoms with Crippen molar-refractivity contribution in [1.82, 2.24) is 29.9 Å². The summed E-state index contributed by atoms with van der Waals surface area (Å²) in [4.78, 5) is 38.4. The van der Waals surface area contributed by atoms with E-state index in [-0.39, 0.29) is 35.9 Å². The standard InChI is InChI=1S/C25H28FN9O4/c26-17-9-18-21(32-35(31-18)6-3-27)16-8-14(7-15(16)17)11-33-4-1-25(2-5-33)13-34(24(37)39-25)19-10-28-23-22(29-19)30-20(36)12-38-23/h9-10,14H,1-8,11-13,27H2,(H,29,30,36). The van der Waals surface area contributed by atoms with E-state index in [1.807, 2.05) is 0 Å². The molecule has 1 aliphatic carbocycles. The lowest BCUT2D eigenvalue weighted by Gasteiger charge is -2.38. The van der Waals surface area contributed by atoms with Crippen LogP contribution in [0.3, 0.4) is 0 Å². The summed E-state index contributed by atoms with van der Waals surface area (Å²) in [5, 5.41) is 11.6. The molecule has 2 aromatic heterocycles. The van der Waals surface area contributed by atoms with Crippen LogP contribution in [0, 0.1) is 11.7 Å². The Balaban J connectivity index is 0.995. The van der Waals surface area contributed by atoms with Crippen molar-refractivity contribution >= 4 is 34.7 Å². The van der Waals surface area contributed by atoms with E-state index in [0.29, 0.717) is 50.2 Å². The minimum atomic E-state index is -0.608. The summed E-state index contributed by atoms with van der Waals surface area (Å²) in [7, 11) is 0. The number of nitrogens with one attached hydrogen (secondary N) is 1. The van der Waals surface area contributed by atoms with Gasteiger partial charge in [-0.1, -0.05) is 0 Å². The smallest absolute Gasteiger partial charge is 0.416 e. The zero-order valence-electron chi connectivity index (χ0n) is 21.2. The first-order chi connectivity index (χ1) is 18.9. The van der Waals surface area contributed by atoms with Crippen LogP contribution in [0.2, 0.25) is 0 Å².